The molecule has 126 valence electrons. The van der Waals surface area contributed by atoms with Gasteiger partial charge in [-0.25, -0.2) is 0 Å². The van der Waals surface area contributed by atoms with Crippen molar-refractivity contribution in [1.29, 1.82) is 0 Å². The Morgan fingerprint density at radius 2 is 1.83 bits per heavy atom. The van der Waals surface area contributed by atoms with Gasteiger partial charge in [0.15, 0.2) is 0 Å². The number of benzene rings is 2. The smallest absolute Gasteiger partial charge is 0.243 e. The molecule has 0 heterocycles. The highest BCUT2D eigenvalue weighted by Gasteiger charge is 2.14. The van der Waals surface area contributed by atoms with Crippen molar-refractivity contribution in [2.24, 2.45) is 0 Å². The van der Waals surface area contributed by atoms with Gasteiger partial charge < -0.3 is 10.2 Å². The van der Waals surface area contributed by atoms with Gasteiger partial charge in [0.2, 0.25) is 11.8 Å². The molecular weight excluding hydrogens is 392 g/mol. The monoisotopic (exact) mass is 408 g/mol. The van der Waals surface area contributed by atoms with Gasteiger partial charge in [0.05, 0.1) is 13.0 Å². The van der Waals surface area contributed by atoms with E-state index in [1.54, 1.807) is 31.3 Å². The average molecular weight is 410 g/mol. The van der Waals surface area contributed by atoms with Crippen LogP contribution < -0.4 is 5.32 Å². The molecule has 24 heavy (non-hydrogen) atoms. The van der Waals surface area contributed by atoms with Crippen LogP contribution in [0.1, 0.15) is 11.1 Å². The van der Waals surface area contributed by atoms with Crippen LogP contribution in [0.5, 0.6) is 0 Å². The molecule has 0 aromatic heterocycles. The summed E-state index contributed by atoms with van der Waals surface area (Å²) >= 11 is 9.21. The number of amides is 2. The quantitative estimate of drug-likeness (QED) is 0.810. The summed E-state index contributed by atoms with van der Waals surface area (Å²) < 4.78 is 0.952. The summed E-state index contributed by atoms with van der Waals surface area (Å²) in [6.45, 7) is 1.91. The molecule has 6 heteroatoms. The van der Waals surface area contributed by atoms with Gasteiger partial charge in [-0.05, 0) is 48.4 Å². The van der Waals surface area contributed by atoms with Gasteiger partial charge in [-0.3, -0.25) is 9.59 Å². The fourth-order valence-corrected chi connectivity index (χ4v) is 2.77. The Bertz CT molecular complexity index is 747. The molecule has 0 atom stereocenters. The lowest BCUT2D eigenvalue weighted by atomic mass is 10.1. The van der Waals surface area contributed by atoms with Crippen LogP contribution in [0.2, 0.25) is 5.02 Å². The van der Waals surface area contributed by atoms with Crippen molar-refractivity contribution in [2.75, 3.05) is 18.9 Å². The zero-order valence-corrected chi connectivity index (χ0v) is 15.8. The van der Waals surface area contributed by atoms with Crippen LogP contribution in [0, 0.1) is 6.92 Å². The normalized spacial score (nSPS) is 10.3. The van der Waals surface area contributed by atoms with Crippen LogP contribution in [-0.2, 0) is 16.0 Å². The Morgan fingerprint density at radius 3 is 2.46 bits per heavy atom. The largest absolute Gasteiger partial charge is 0.336 e. The second-order valence-electron chi connectivity index (χ2n) is 5.56. The van der Waals surface area contributed by atoms with Gasteiger partial charge in [-0.15, -0.1) is 0 Å². The summed E-state index contributed by atoms with van der Waals surface area (Å²) in [6.07, 6.45) is 0.234. The third kappa shape index (κ3) is 5.35. The highest BCUT2D eigenvalue weighted by Crippen LogP contribution is 2.20. The number of nitrogens with zero attached hydrogens (tertiary/aromatic N) is 1. The number of rotatable bonds is 5. The molecule has 0 aliphatic heterocycles. The average Bonchev–Trinajstić information content (AvgIpc) is 2.52. The van der Waals surface area contributed by atoms with Crippen LogP contribution in [0.4, 0.5) is 5.69 Å². The van der Waals surface area contributed by atoms with E-state index in [1.165, 1.54) is 4.90 Å². The van der Waals surface area contributed by atoms with Crippen molar-refractivity contribution in [3.05, 3.63) is 63.1 Å². The number of likely N-dealkylation sites (N-methyl/N-ethyl adjacent to an activating group) is 1. The van der Waals surface area contributed by atoms with Crippen LogP contribution in [0.15, 0.2) is 46.9 Å². The Labute approximate surface area is 154 Å². The maximum Gasteiger partial charge on any atom is 0.243 e. The Hall–Kier alpha value is -1.85. The third-order valence-corrected chi connectivity index (χ3v) is 4.28. The molecule has 2 aromatic rings. The van der Waals surface area contributed by atoms with Crippen LogP contribution in [-0.4, -0.2) is 30.3 Å². The van der Waals surface area contributed by atoms with E-state index in [0.717, 1.165) is 21.3 Å². The molecule has 0 bridgehead atoms. The van der Waals surface area contributed by atoms with Crippen molar-refractivity contribution in [3.63, 3.8) is 0 Å². The maximum atomic E-state index is 12.2. The zero-order chi connectivity index (χ0) is 17.7. The van der Waals surface area contributed by atoms with E-state index >= 15 is 0 Å². The number of carbonyl (C=O) groups is 2. The predicted molar refractivity (Wildman–Crippen MR) is 100 cm³/mol. The fourth-order valence-electron chi connectivity index (χ4n) is 2.17. The molecule has 2 amide bonds. The number of aryl methyl sites for hydroxylation is 1. The van der Waals surface area contributed by atoms with E-state index in [1.807, 2.05) is 25.1 Å². The van der Waals surface area contributed by atoms with E-state index in [9.17, 15) is 9.59 Å². The summed E-state index contributed by atoms with van der Waals surface area (Å²) in [5.41, 5.74) is 2.55. The molecule has 0 aliphatic rings. The Morgan fingerprint density at radius 1 is 1.17 bits per heavy atom. The molecule has 1 N–H and O–H groups in total. The van der Waals surface area contributed by atoms with Crippen LogP contribution in [0.3, 0.4) is 0 Å². The number of hydrogen-bond donors (Lipinski definition) is 1. The molecule has 2 rings (SSSR count). The summed E-state index contributed by atoms with van der Waals surface area (Å²) in [6, 6.07) is 12.7. The minimum atomic E-state index is -0.229. The number of anilines is 1. The standard InChI is InChI=1S/C18H18BrClN2O2/c1-12-9-14(19)5-8-16(12)21-17(23)11-22(2)18(24)10-13-3-6-15(20)7-4-13/h3-9H,10-11H2,1-2H3,(H,21,23). The van der Waals surface area contributed by atoms with Gasteiger partial charge in [-0.1, -0.05) is 39.7 Å². The first-order chi connectivity index (χ1) is 11.3. The Balaban J connectivity index is 1.90. The lowest BCUT2D eigenvalue weighted by Crippen LogP contribution is -2.35. The second kappa shape index (κ2) is 8.31. The van der Waals surface area contributed by atoms with Crippen molar-refractivity contribution >= 4 is 45.0 Å². The summed E-state index contributed by atoms with van der Waals surface area (Å²) in [4.78, 5) is 25.7. The number of halogens is 2. The third-order valence-electron chi connectivity index (χ3n) is 3.54. The van der Waals surface area contributed by atoms with Crippen molar-refractivity contribution in [1.82, 2.24) is 4.90 Å². The zero-order valence-electron chi connectivity index (χ0n) is 13.5. The molecular formula is C18H18BrClN2O2. The predicted octanol–water partition coefficient (Wildman–Crippen LogP) is 4.05. The van der Waals surface area contributed by atoms with E-state index in [4.69, 9.17) is 11.6 Å². The minimum Gasteiger partial charge on any atom is -0.336 e. The molecule has 4 nitrogen and oxygen atoms in total. The SMILES string of the molecule is Cc1cc(Br)ccc1NC(=O)CN(C)C(=O)Cc1ccc(Cl)cc1. The summed E-state index contributed by atoms with van der Waals surface area (Å²) in [7, 11) is 1.62. The molecule has 0 aliphatic carbocycles. The van der Waals surface area contributed by atoms with Crippen LogP contribution >= 0.6 is 27.5 Å². The van der Waals surface area contributed by atoms with Crippen molar-refractivity contribution in [3.8, 4) is 0 Å². The molecule has 2 aromatic carbocycles. The molecule has 0 saturated carbocycles. The van der Waals surface area contributed by atoms with E-state index in [0.29, 0.717) is 5.02 Å². The Kier molecular flexibility index (Phi) is 6.40. The first-order valence-corrected chi connectivity index (χ1v) is 8.56. The molecule has 0 saturated heterocycles. The number of carbonyl (C=O) groups excluding carboxylic acids is 2. The lowest BCUT2D eigenvalue weighted by molar-refractivity contribution is -0.132. The van der Waals surface area contributed by atoms with Gasteiger partial charge in [0.1, 0.15) is 0 Å². The lowest BCUT2D eigenvalue weighted by Gasteiger charge is -2.17. The summed E-state index contributed by atoms with van der Waals surface area (Å²) in [5.74, 6) is -0.354. The van der Waals surface area contributed by atoms with Crippen molar-refractivity contribution < 1.29 is 9.59 Å². The minimum absolute atomic E-state index is 0.00191. The molecule has 0 fully saturated rings. The van der Waals surface area contributed by atoms with Gasteiger partial charge in [-0.2, -0.15) is 0 Å². The molecule has 0 unspecified atom stereocenters. The fraction of sp³-hybridized carbons (Fsp3) is 0.222. The van der Waals surface area contributed by atoms with E-state index in [-0.39, 0.29) is 24.8 Å². The number of nitrogens with one attached hydrogen (secondary N) is 1. The van der Waals surface area contributed by atoms with Crippen LogP contribution in [0.25, 0.3) is 0 Å². The molecule has 0 radical (unpaired) electrons. The topological polar surface area (TPSA) is 49.4 Å². The highest BCUT2D eigenvalue weighted by atomic mass is 79.9. The summed E-state index contributed by atoms with van der Waals surface area (Å²) in [5, 5.41) is 3.45. The number of hydrogen-bond acceptors (Lipinski definition) is 2. The first-order valence-electron chi connectivity index (χ1n) is 7.39. The van der Waals surface area contributed by atoms with E-state index < -0.39 is 0 Å². The van der Waals surface area contributed by atoms with Crippen molar-refractivity contribution in [2.45, 2.75) is 13.3 Å². The molecule has 0 spiro atoms. The first kappa shape index (κ1) is 18.5. The van der Waals surface area contributed by atoms with Gasteiger partial charge in [0.25, 0.3) is 0 Å². The van der Waals surface area contributed by atoms with E-state index in [2.05, 4.69) is 21.2 Å². The highest BCUT2D eigenvalue weighted by molar-refractivity contribution is 9.10. The van der Waals surface area contributed by atoms with Gasteiger partial charge in [0, 0.05) is 22.2 Å². The van der Waals surface area contributed by atoms with Gasteiger partial charge >= 0.3 is 0 Å². The maximum absolute atomic E-state index is 12.2. The second-order valence-corrected chi connectivity index (χ2v) is 6.91.